The minimum atomic E-state index is -0.798. The van der Waals surface area contributed by atoms with Crippen molar-refractivity contribution >= 4 is 18.0 Å². The minimum Gasteiger partial charge on any atom is -0.463 e. The zero-order valence-electron chi connectivity index (χ0n) is 24.2. The summed E-state index contributed by atoms with van der Waals surface area (Å²) in [5.74, 6) is 7.26. The van der Waals surface area contributed by atoms with Gasteiger partial charge in [0, 0.05) is 39.2 Å². The van der Waals surface area contributed by atoms with Gasteiger partial charge in [0.15, 0.2) is 12.4 Å². The van der Waals surface area contributed by atoms with E-state index in [-0.39, 0.29) is 43.7 Å². The molecule has 11 nitrogen and oxygen atoms in total. The summed E-state index contributed by atoms with van der Waals surface area (Å²) in [6.45, 7) is 9.10. The molecule has 0 aromatic rings. The molecule has 3 aliphatic rings. The highest BCUT2D eigenvalue weighted by molar-refractivity contribution is 5.67. The van der Waals surface area contributed by atoms with Gasteiger partial charge in [-0.1, -0.05) is 13.8 Å². The highest BCUT2D eigenvalue weighted by Gasteiger charge is 2.49. The van der Waals surface area contributed by atoms with E-state index in [2.05, 4.69) is 17.2 Å². The van der Waals surface area contributed by atoms with Crippen molar-refractivity contribution in [1.82, 2.24) is 5.32 Å². The molecule has 0 aromatic carbocycles. The predicted octanol–water partition coefficient (Wildman–Crippen LogP) is 2.69. The zero-order chi connectivity index (χ0) is 28.9. The molecule has 3 rings (SSSR count). The number of fused-ring (bicyclic) bond motifs is 1. The number of carbonyl (C=O) groups excluding carboxylic acids is 3. The van der Waals surface area contributed by atoms with Crippen molar-refractivity contribution in [2.24, 2.45) is 29.6 Å². The molecule has 8 atom stereocenters. The van der Waals surface area contributed by atoms with Gasteiger partial charge in [-0.2, -0.15) is 0 Å². The van der Waals surface area contributed by atoms with E-state index in [0.717, 1.165) is 25.7 Å². The number of esters is 2. The predicted molar refractivity (Wildman–Crippen MR) is 143 cm³/mol. The van der Waals surface area contributed by atoms with Crippen molar-refractivity contribution in [3.05, 3.63) is 0 Å². The van der Waals surface area contributed by atoms with Gasteiger partial charge < -0.3 is 38.5 Å². The van der Waals surface area contributed by atoms with Crippen molar-refractivity contribution < 1.29 is 47.5 Å². The number of ether oxygens (including phenoxy) is 7. The van der Waals surface area contributed by atoms with Crippen molar-refractivity contribution in [2.45, 2.75) is 71.9 Å². The van der Waals surface area contributed by atoms with Crippen molar-refractivity contribution in [2.75, 3.05) is 52.8 Å². The number of amides is 1. The highest BCUT2D eigenvalue weighted by atomic mass is 16.7. The standard InChI is InChI=1S/C29H45NO10/c1-19-20(2)27(39-22(4)32)28(40-26(19)18-37-21(3)31)36-16-15-35-14-13-34-12-11-30-29(33)38-17-25-23-9-7-5-6-8-10-24(23)25/h19-20,23-28H,7-18H2,1-4H3,(H,30,33)/t19?,20?,23-,24+,25?,26?,27?,28?. The fourth-order valence-corrected chi connectivity index (χ4v) is 5.41. The summed E-state index contributed by atoms with van der Waals surface area (Å²) in [7, 11) is 0. The lowest BCUT2D eigenvalue weighted by Gasteiger charge is -2.43. The van der Waals surface area contributed by atoms with Crippen LogP contribution in [0.25, 0.3) is 0 Å². The van der Waals surface area contributed by atoms with Gasteiger partial charge >= 0.3 is 18.0 Å². The van der Waals surface area contributed by atoms with Crippen LogP contribution in [0.3, 0.4) is 0 Å². The Labute approximate surface area is 237 Å². The maximum absolute atomic E-state index is 11.9. The van der Waals surface area contributed by atoms with E-state index in [1.54, 1.807) is 0 Å². The molecule has 0 spiro atoms. The summed E-state index contributed by atoms with van der Waals surface area (Å²) >= 11 is 0. The molecule has 2 fully saturated rings. The lowest BCUT2D eigenvalue weighted by atomic mass is 9.83. The topological polar surface area (TPSA) is 128 Å². The number of carbonyl (C=O) groups is 3. The zero-order valence-corrected chi connectivity index (χ0v) is 24.2. The van der Waals surface area contributed by atoms with Crippen LogP contribution in [-0.4, -0.2) is 89.3 Å². The smallest absolute Gasteiger partial charge is 0.407 e. The summed E-state index contributed by atoms with van der Waals surface area (Å²) in [6.07, 6.45) is 1.93. The molecule has 226 valence electrons. The summed E-state index contributed by atoms with van der Waals surface area (Å²) in [4.78, 5) is 34.8. The van der Waals surface area contributed by atoms with Crippen LogP contribution >= 0.6 is 0 Å². The average Bonchev–Trinajstić information content (AvgIpc) is 3.55. The van der Waals surface area contributed by atoms with Crippen LogP contribution in [0.1, 0.15) is 53.4 Å². The molecule has 1 saturated heterocycles. The van der Waals surface area contributed by atoms with Crippen LogP contribution in [-0.2, 0) is 42.7 Å². The second-order valence-electron chi connectivity index (χ2n) is 10.7. The number of hydrogen-bond donors (Lipinski definition) is 1. The molecule has 1 heterocycles. The van der Waals surface area contributed by atoms with E-state index < -0.39 is 24.5 Å². The minimum absolute atomic E-state index is 0.0134. The Morgan fingerprint density at radius 3 is 2.12 bits per heavy atom. The molecule has 1 saturated carbocycles. The highest BCUT2D eigenvalue weighted by Crippen LogP contribution is 2.52. The van der Waals surface area contributed by atoms with Gasteiger partial charge in [-0.3, -0.25) is 9.59 Å². The van der Waals surface area contributed by atoms with Crippen molar-refractivity contribution in [1.29, 1.82) is 0 Å². The molecular formula is C29H45NO10. The molecule has 0 radical (unpaired) electrons. The quantitative estimate of drug-likeness (QED) is 0.137. The maximum Gasteiger partial charge on any atom is 0.407 e. The Kier molecular flexibility index (Phi) is 13.5. The van der Waals surface area contributed by atoms with Crippen molar-refractivity contribution in [3.63, 3.8) is 0 Å². The Hall–Kier alpha value is -2.39. The molecule has 6 unspecified atom stereocenters. The van der Waals surface area contributed by atoms with Crippen LogP contribution < -0.4 is 5.32 Å². The monoisotopic (exact) mass is 567 g/mol. The Morgan fingerprint density at radius 2 is 1.48 bits per heavy atom. The SMILES string of the molecule is CC(=O)OCC1OC(OCCOCCOCCNC(=O)OCC2[C@H]3CCC#CCC[C@@H]23)C(OC(C)=O)C(C)C1C. The summed E-state index contributed by atoms with van der Waals surface area (Å²) < 4.78 is 38.9. The lowest BCUT2D eigenvalue weighted by molar-refractivity contribution is -0.282. The molecule has 1 N–H and O–H groups in total. The van der Waals surface area contributed by atoms with Crippen LogP contribution in [0, 0.1) is 41.4 Å². The van der Waals surface area contributed by atoms with Gasteiger partial charge in [0.2, 0.25) is 0 Å². The van der Waals surface area contributed by atoms with Gasteiger partial charge in [-0.05, 0) is 36.5 Å². The van der Waals surface area contributed by atoms with Gasteiger partial charge in [-0.25, -0.2) is 4.79 Å². The molecule has 1 amide bonds. The largest absolute Gasteiger partial charge is 0.463 e. The van der Waals surface area contributed by atoms with Gasteiger partial charge in [0.1, 0.15) is 6.61 Å². The fourth-order valence-electron chi connectivity index (χ4n) is 5.41. The van der Waals surface area contributed by atoms with Crippen LogP contribution in [0.4, 0.5) is 4.79 Å². The third-order valence-electron chi connectivity index (χ3n) is 7.91. The lowest BCUT2D eigenvalue weighted by Crippen LogP contribution is -2.53. The molecule has 0 aromatic heterocycles. The Balaban J connectivity index is 1.21. The van der Waals surface area contributed by atoms with E-state index in [1.165, 1.54) is 13.8 Å². The Bertz CT molecular complexity index is 866. The number of nitrogens with one attached hydrogen (secondary N) is 1. The average molecular weight is 568 g/mol. The first kappa shape index (κ1) is 32.1. The first-order valence-electron chi connectivity index (χ1n) is 14.4. The number of alkyl carbamates (subject to hydrolysis) is 1. The summed E-state index contributed by atoms with van der Waals surface area (Å²) in [5.41, 5.74) is 0. The van der Waals surface area contributed by atoms with Gasteiger partial charge in [0.05, 0.1) is 45.7 Å². The first-order valence-corrected chi connectivity index (χ1v) is 14.4. The van der Waals surface area contributed by atoms with Crippen LogP contribution in [0.15, 0.2) is 0 Å². The van der Waals surface area contributed by atoms with Crippen LogP contribution in [0.5, 0.6) is 0 Å². The second-order valence-corrected chi connectivity index (χ2v) is 10.7. The van der Waals surface area contributed by atoms with Crippen molar-refractivity contribution in [3.8, 4) is 11.8 Å². The molecule has 11 heteroatoms. The third kappa shape index (κ3) is 10.5. The molecule has 0 bridgehead atoms. The third-order valence-corrected chi connectivity index (χ3v) is 7.91. The van der Waals surface area contributed by atoms with E-state index in [0.29, 0.717) is 50.7 Å². The van der Waals surface area contributed by atoms with E-state index in [4.69, 9.17) is 33.2 Å². The summed E-state index contributed by atoms with van der Waals surface area (Å²) in [6, 6.07) is 0. The van der Waals surface area contributed by atoms with E-state index in [9.17, 15) is 14.4 Å². The molecule has 40 heavy (non-hydrogen) atoms. The normalized spacial score (nSPS) is 30.9. The fraction of sp³-hybridized carbons (Fsp3) is 0.828. The Morgan fingerprint density at radius 1 is 0.825 bits per heavy atom. The van der Waals surface area contributed by atoms with E-state index in [1.807, 2.05) is 13.8 Å². The van der Waals surface area contributed by atoms with Gasteiger partial charge in [0.25, 0.3) is 0 Å². The van der Waals surface area contributed by atoms with E-state index >= 15 is 0 Å². The second kappa shape index (κ2) is 16.8. The number of hydrogen-bond acceptors (Lipinski definition) is 10. The molecular weight excluding hydrogens is 522 g/mol. The summed E-state index contributed by atoms with van der Waals surface area (Å²) in [5, 5.41) is 2.71. The molecule has 2 aliphatic carbocycles. The molecule has 1 aliphatic heterocycles. The van der Waals surface area contributed by atoms with Crippen LogP contribution in [0.2, 0.25) is 0 Å². The maximum atomic E-state index is 11.9. The van der Waals surface area contributed by atoms with Gasteiger partial charge in [-0.15, -0.1) is 11.8 Å². The first-order chi connectivity index (χ1) is 19.3. The number of rotatable bonds is 15.